The van der Waals surface area contributed by atoms with Crippen LogP contribution < -0.4 is 0 Å². The standard InChI is InChI=1S/C12H28N2/c1-5-13(6-2)11-9-10-12-14(7-3)8-4/h5-12H2,1-4H3. The molecule has 0 saturated heterocycles. The maximum atomic E-state index is 2.50. The van der Waals surface area contributed by atoms with Gasteiger partial charge in [0.2, 0.25) is 0 Å². The minimum atomic E-state index is 1.20. The van der Waals surface area contributed by atoms with E-state index in [1.54, 1.807) is 0 Å². The van der Waals surface area contributed by atoms with Crippen molar-refractivity contribution >= 4 is 0 Å². The molecule has 0 aromatic heterocycles. The smallest absolute Gasteiger partial charge is 0.00185 e. The summed E-state index contributed by atoms with van der Waals surface area (Å²) < 4.78 is 0. The monoisotopic (exact) mass is 200 g/mol. The van der Waals surface area contributed by atoms with Gasteiger partial charge in [-0.1, -0.05) is 27.7 Å². The molecule has 0 amide bonds. The molecular formula is C12H28N2. The van der Waals surface area contributed by atoms with Crippen molar-refractivity contribution < 1.29 is 0 Å². The van der Waals surface area contributed by atoms with Crippen molar-refractivity contribution in [1.82, 2.24) is 9.80 Å². The van der Waals surface area contributed by atoms with Crippen LogP contribution in [0.5, 0.6) is 0 Å². The zero-order valence-electron chi connectivity index (χ0n) is 10.6. The van der Waals surface area contributed by atoms with E-state index >= 15 is 0 Å². The molecule has 2 heteroatoms. The third kappa shape index (κ3) is 6.39. The molecule has 14 heavy (non-hydrogen) atoms. The van der Waals surface area contributed by atoms with E-state index in [2.05, 4.69) is 37.5 Å². The van der Waals surface area contributed by atoms with Crippen molar-refractivity contribution in [2.24, 2.45) is 0 Å². The van der Waals surface area contributed by atoms with E-state index in [-0.39, 0.29) is 0 Å². The Balaban J connectivity index is 3.35. The summed E-state index contributed by atoms with van der Waals surface area (Å²) in [5.74, 6) is 0. The molecule has 2 nitrogen and oxygen atoms in total. The molecule has 0 aromatic carbocycles. The molecule has 0 aliphatic carbocycles. The van der Waals surface area contributed by atoms with Gasteiger partial charge in [0, 0.05) is 0 Å². The van der Waals surface area contributed by atoms with Crippen molar-refractivity contribution in [3.05, 3.63) is 0 Å². The molecule has 0 N–H and O–H groups in total. The number of rotatable bonds is 9. The van der Waals surface area contributed by atoms with Gasteiger partial charge in [0.25, 0.3) is 0 Å². The predicted molar refractivity (Wildman–Crippen MR) is 64.8 cm³/mol. The van der Waals surface area contributed by atoms with E-state index < -0.39 is 0 Å². The number of nitrogens with zero attached hydrogens (tertiary/aromatic N) is 2. The van der Waals surface area contributed by atoms with Gasteiger partial charge >= 0.3 is 0 Å². The van der Waals surface area contributed by atoms with Gasteiger partial charge in [0.05, 0.1) is 0 Å². The van der Waals surface area contributed by atoms with Crippen LogP contribution in [0.2, 0.25) is 0 Å². The van der Waals surface area contributed by atoms with Gasteiger partial charge in [-0.25, -0.2) is 0 Å². The van der Waals surface area contributed by atoms with E-state index in [0.29, 0.717) is 0 Å². The topological polar surface area (TPSA) is 6.48 Å². The molecule has 0 radical (unpaired) electrons. The second kappa shape index (κ2) is 9.47. The first kappa shape index (κ1) is 13.9. The van der Waals surface area contributed by atoms with Crippen LogP contribution in [0, 0.1) is 0 Å². The first-order valence-corrected chi connectivity index (χ1v) is 6.23. The van der Waals surface area contributed by atoms with E-state index in [1.165, 1.54) is 52.1 Å². The van der Waals surface area contributed by atoms with E-state index in [0.717, 1.165) is 0 Å². The van der Waals surface area contributed by atoms with Gasteiger partial charge in [-0.2, -0.15) is 0 Å². The summed E-state index contributed by atoms with van der Waals surface area (Å²) in [5.41, 5.74) is 0. The van der Waals surface area contributed by atoms with Crippen LogP contribution in [-0.4, -0.2) is 49.1 Å². The third-order valence-corrected chi connectivity index (χ3v) is 2.99. The molecule has 0 atom stereocenters. The first-order valence-electron chi connectivity index (χ1n) is 6.23. The Hall–Kier alpha value is -0.0800. The lowest BCUT2D eigenvalue weighted by molar-refractivity contribution is 0.266. The summed E-state index contributed by atoms with van der Waals surface area (Å²) in [6.45, 7) is 16.3. The SMILES string of the molecule is CCN(CC)CCCCN(CC)CC. The third-order valence-electron chi connectivity index (χ3n) is 2.99. The lowest BCUT2D eigenvalue weighted by Crippen LogP contribution is -2.27. The molecule has 0 spiro atoms. The molecule has 0 aliphatic rings. The molecule has 86 valence electrons. The number of unbranched alkanes of at least 4 members (excludes halogenated alkanes) is 1. The van der Waals surface area contributed by atoms with E-state index in [4.69, 9.17) is 0 Å². The molecule has 0 fully saturated rings. The van der Waals surface area contributed by atoms with Crippen molar-refractivity contribution in [2.75, 3.05) is 39.3 Å². The summed E-state index contributed by atoms with van der Waals surface area (Å²) in [7, 11) is 0. The Labute approximate surface area is 90.3 Å². The Morgan fingerprint density at radius 2 is 0.857 bits per heavy atom. The van der Waals surface area contributed by atoms with Crippen LogP contribution in [-0.2, 0) is 0 Å². The zero-order chi connectivity index (χ0) is 10.8. The minimum absolute atomic E-state index is 1.20. The van der Waals surface area contributed by atoms with Gasteiger partial charge < -0.3 is 9.80 Å². The highest BCUT2D eigenvalue weighted by atomic mass is 15.1. The first-order chi connectivity index (χ1) is 6.78. The largest absolute Gasteiger partial charge is 0.304 e. The fraction of sp³-hybridized carbons (Fsp3) is 1.00. The maximum Gasteiger partial charge on any atom is -0.00185 e. The Morgan fingerprint density at radius 1 is 0.571 bits per heavy atom. The lowest BCUT2D eigenvalue weighted by atomic mass is 10.2. The summed E-state index contributed by atoms with van der Waals surface area (Å²) >= 11 is 0. The summed E-state index contributed by atoms with van der Waals surface area (Å²) in [6, 6.07) is 0. The van der Waals surface area contributed by atoms with E-state index in [9.17, 15) is 0 Å². The zero-order valence-corrected chi connectivity index (χ0v) is 10.6. The average molecular weight is 200 g/mol. The summed E-state index contributed by atoms with van der Waals surface area (Å²) in [6.07, 6.45) is 2.69. The van der Waals surface area contributed by atoms with Gasteiger partial charge in [0.1, 0.15) is 0 Å². The Bertz CT molecular complexity index is 92.9. The molecule has 0 saturated carbocycles. The molecule has 0 bridgehead atoms. The van der Waals surface area contributed by atoms with Crippen LogP contribution >= 0.6 is 0 Å². The maximum absolute atomic E-state index is 2.50. The number of hydrogen-bond acceptors (Lipinski definition) is 2. The fourth-order valence-corrected chi connectivity index (χ4v) is 1.75. The van der Waals surface area contributed by atoms with E-state index in [1.807, 2.05) is 0 Å². The second-order valence-corrected chi connectivity index (χ2v) is 3.76. The van der Waals surface area contributed by atoms with Crippen LogP contribution in [0.1, 0.15) is 40.5 Å². The summed E-state index contributed by atoms with van der Waals surface area (Å²) in [5, 5.41) is 0. The van der Waals surface area contributed by atoms with Crippen molar-refractivity contribution in [3.8, 4) is 0 Å². The molecule has 0 aliphatic heterocycles. The Morgan fingerprint density at radius 3 is 1.07 bits per heavy atom. The molecule has 0 rings (SSSR count). The second-order valence-electron chi connectivity index (χ2n) is 3.76. The quantitative estimate of drug-likeness (QED) is 0.528. The van der Waals surface area contributed by atoms with Crippen LogP contribution in [0.25, 0.3) is 0 Å². The molecular weight excluding hydrogens is 172 g/mol. The van der Waals surface area contributed by atoms with Crippen LogP contribution in [0.4, 0.5) is 0 Å². The van der Waals surface area contributed by atoms with Crippen molar-refractivity contribution in [3.63, 3.8) is 0 Å². The van der Waals surface area contributed by atoms with Gasteiger partial charge in [-0.3, -0.25) is 0 Å². The molecule has 0 heterocycles. The summed E-state index contributed by atoms with van der Waals surface area (Å²) in [4.78, 5) is 5.00. The molecule has 0 unspecified atom stereocenters. The van der Waals surface area contributed by atoms with Gasteiger partial charge in [-0.15, -0.1) is 0 Å². The lowest BCUT2D eigenvalue weighted by Gasteiger charge is -2.20. The Kier molecular flexibility index (Phi) is 9.42. The number of hydrogen-bond donors (Lipinski definition) is 0. The highest BCUT2D eigenvalue weighted by molar-refractivity contribution is 4.56. The average Bonchev–Trinajstić information content (AvgIpc) is 2.24. The fourth-order valence-electron chi connectivity index (χ4n) is 1.75. The highest BCUT2D eigenvalue weighted by Crippen LogP contribution is 1.97. The molecule has 0 aromatic rings. The van der Waals surface area contributed by atoms with Crippen LogP contribution in [0.3, 0.4) is 0 Å². The normalized spacial score (nSPS) is 11.6. The van der Waals surface area contributed by atoms with Gasteiger partial charge in [-0.05, 0) is 52.1 Å². The predicted octanol–water partition coefficient (Wildman–Crippen LogP) is 2.45. The highest BCUT2D eigenvalue weighted by Gasteiger charge is 2.00. The van der Waals surface area contributed by atoms with Crippen LogP contribution in [0.15, 0.2) is 0 Å². The van der Waals surface area contributed by atoms with Crippen molar-refractivity contribution in [2.45, 2.75) is 40.5 Å². The van der Waals surface area contributed by atoms with Gasteiger partial charge in [0.15, 0.2) is 0 Å². The minimum Gasteiger partial charge on any atom is -0.304 e. The van der Waals surface area contributed by atoms with Crippen molar-refractivity contribution in [1.29, 1.82) is 0 Å².